The molecule has 0 aliphatic heterocycles. The zero-order valence-corrected chi connectivity index (χ0v) is 10.3. The number of hydrogen-bond donors (Lipinski definition) is 0. The molecule has 0 spiro atoms. The lowest BCUT2D eigenvalue weighted by Gasteiger charge is -2.51. The molecule has 1 aromatic carbocycles. The molecule has 0 heterocycles. The molecule has 3 aliphatic rings. The first-order valence-electron chi connectivity index (χ1n) is 7.13. The molecule has 3 aliphatic carbocycles. The average Bonchev–Trinajstić information content (AvgIpc) is 2.85. The lowest BCUT2D eigenvalue weighted by atomic mass is 9.53. The van der Waals surface area contributed by atoms with Crippen molar-refractivity contribution in [3.05, 3.63) is 42.0 Å². The van der Waals surface area contributed by atoms with E-state index < -0.39 is 0 Å². The maximum Gasteiger partial charge on any atom is -0.00556 e. The minimum absolute atomic E-state index is 0.624. The van der Waals surface area contributed by atoms with E-state index in [0.717, 1.165) is 17.8 Å². The van der Waals surface area contributed by atoms with E-state index in [-0.39, 0.29) is 0 Å². The van der Waals surface area contributed by atoms with Crippen LogP contribution in [0.5, 0.6) is 0 Å². The Balaban J connectivity index is 1.62. The molecule has 0 N–H and O–H groups in total. The Labute approximate surface area is 104 Å². The predicted molar refractivity (Wildman–Crippen MR) is 71.5 cm³/mol. The van der Waals surface area contributed by atoms with Crippen molar-refractivity contribution in [2.45, 2.75) is 32.1 Å². The smallest absolute Gasteiger partial charge is 0.00556 e. The quantitative estimate of drug-likeness (QED) is 0.692. The second-order valence-electron chi connectivity index (χ2n) is 6.27. The molecule has 2 bridgehead atoms. The van der Waals surface area contributed by atoms with Crippen molar-refractivity contribution < 1.29 is 0 Å². The van der Waals surface area contributed by atoms with E-state index in [9.17, 15) is 0 Å². The second kappa shape index (κ2) is 3.48. The molecule has 4 unspecified atom stereocenters. The van der Waals surface area contributed by atoms with Gasteiger partial charge in [-0.05, 0) is 60.8 Å². The van der Waals surface area contributed by atoms with Gasteiger partial charge in [-0.15, -0.1) is 0 Å². The van der Waals surface area contributed by atoms with Crippen LogP contribution in [0.25, 0.3) is 6.08 Å². The summed E-state index contributed by atoms with van der Waals surface area (Å²) >= 11 is 0. The van der Waals surface area contributed by atoms with E-state index >= 15 is 0 Å². The molecule has 0 amide bonds. The Hall–Kier alpha value is -1.04. The first kappa shape index (κ1) is 9.94. The summed E-state index contributed by atoms with van der Waals surface area (Å²) in [7, 11) is 0. The van der Waals surface area contributed by atoms with Crippen molar-refractivity contribution in [3.63, 3.8) is 0 Å². The van der Waals surface area contributed by atoms with Crippen molar-refractivity contribution >= 4 is 6.08 Å². The third-order valence-corrected chi connectivity index (χ3v) is 5.77. The molecule has 0 radical (unpaired) electrons. The van der Waals surface area contributed by atoms with Crippen molar-refractivity contribution in [2.24, 2.45) is 23.2 Å². The van der Waals surface area contributed by atoms with Crippen LogP contribution in [0, 0.1) is 23.2 Å². The molecule has 0 saturated heterocycles. The van der Waals surface area contributed by atoms with Crippen LogP contribution in [-0.2, 0) is 0 Å². The van der Waals surface area contributed by atoms with Crippen molar-refractivity contribution in [3.8, 4) is 0 Å². The normalized spacial score (nSPS) is 42.7. The summed E-state index contributed by atoms with van der Waals surface area (Å²) in [5.74, 6) is 3.14. The standard InChI is InChI=1S/C17H20/c1-2-4-13(5-3-1)8-10-17-11-9-16(17)14-6-7-15(17)12-14/h1-5,8,10,14-16H,6-7,9,11-12H2. The van der Waals surface area contributed by atoms with Crippen molar-refractivity contribution in [1.29, 1.82) is 0 Å². The first-order valence-corrected chi connectivity index (χ1v) is 7.13. The SMILES string of the molecule is C(=CC12CCC1C1CCC2C1)c1ccccc1. The van der Waals surface area contributed by atoms with Crippen LogP contribution in [0.15, 0.2) is 36.4 Å². The molecule has 0 heteroatoms. The topological polar surface area (TPSA) is 0 Å². The van der Waals surface area contributed by atoms with Gasteiger partial charge in [0.25, 0.3) is 0 Å². The second-order valence-corrected chi connectivity index (χ2v) is 6.27. The number of fused-ring (bicyclic) bond motifs is 5. The van der Waals surface area contributed by atoms with E-state index in [2.05, 4.69) is 42.5 Å². The Morgan fingerprint density at radius 1 is 1.06 bits per heavy atom. The number of rotatable bonds is 2. The van der Waals surface area contributed by atoms with Crippen molar-refractivity contribution in [1.82, 2.24) is 0 Å². The van der Waals surface area contributed by atoms with Crippen LogP contribution >= 0.6 is 0 Å². The average molecular weight is 224 g/mol. The minimum atomic E-state index is 0.624. The molecule has 4 atom stereocenters. The van der Waals surface area contributed by atoms with Gasteiger partial charge in [0.05, 0.1) is 0 Å². The van der Waals surface area contributed by atoms with Crippen LogP contribution in [0.2, 0.25) is 0 Å². The van der Waals surface area contributed by atoms with Gasteiger partial charge in [0.2, 0.25) is 0 Å². The molecule has 88 valence electrons. The minimum Gasteiger partial charge on any atom is -0.0771 e. The summed E-state index contributed by atoms with van der Waals surface area (Å²) in [6.07, 6.45) is 12.5. The van der Waals surface area contributed by atoms with Gasteiger partial charge < -0.3 is 0 Å². The Bertz CT molecular complexity index is 440. The maximum absolute atomic E-state index is 2.58. The fraction of sp³-hybridized carbons (Fsp3) is 0.529. The lowest BCUT2D eigenvalue weighted by Crippen LogP contribution is -2.43. The molecule has 1 aromatic rings. The molecule has 0 aromatic heterocycles. The van der Waals surface area contributed by atoms with Crippen LogP contribution in [0.4, 0.5) is 0 Å². The maximum atomic E-state index is 2.58. The van der Waals surface area contributed by atoms with Gasteiger partial charge in [0.15, 0.2) is 0 Å². The number of allylic oxidation sites excluding steroid dienone is 1. The van der Waals surface area contributed by atoms with E-state index in [1.165, 1.54) is 37.7 Å². The Morgan fingerprint density at radius 2 is 1.94 bits per heavy atom. The summed E-state index contributed by atoms with van der Waals surface area (Å²) in [5, 5.41) is 0. The van der Waals surface area contributed by atoms with Crippen LogP contribution in [-0.4, -0.2) is 0 Å². The van der Waals surface area contributed by atoms with Gasteiger partial charge in [0, 0.05) is 0 Å². The van der Waals surface area contributed by atoms with Gasteiger partial charge in [-0.25, -0.2) is 0 Å². The van der Waals surface area contributed by atoms with Gasteiger partial charge >= 0.3 is 0 Å². The highest BCUT2D eigenvalue weighted by Crippen LogP contribution is 2.69. The highest BCUT2D eigenvalue weighted by molar-refractivity contribution is 5.51. The summed E-state index contributed by atoms with van der Waals surface area (Å²) in [6, 6.07) is 10.8. The molecule has 3 fully saturated rings. The van der Waals surface area contributed by atoms with Crippen LogP contribution in [0.3, 0.4) is 0 Å². The third kappa shape index (κ3) is 1.30. The van der Waals surface area contributed by atoms with E-state index in [1.54, 1.807) is 0 Å². The van der Waals surface area contributed by atoms with Gasteiger partial charge in [0.1, 0.15) is 0 Å². The monoisotopic (exact) mass is 224 g/mol. The summed E-state index contributed by atoms with van der Waals surface area (Å²) in [4.78, 5) is 0. The number of benzene rings is 1. The molecule has 4 rings (SSSR count). The fourth-order valence-corrected chi connectivity index (χ4v) is 4.85. The first-order chi connectivity index (χ1) is 8.38. The molecular weight excluding hydrogens is 204 g/mol. The van der Waals surface area contributed by atoms with E-state index in [4.69, 9.17) is 0 Å². The number of hydrogen-bond acceptors (Lipinski definition) is 0. The fourth-order valence-electron chi connectivity index (χ4n) is 4.85. The Morgan fingerprint density at radius 3 is 2.65 bits per heavy atom. The summed E-state index contributed by atoms with van der Waals surface area (Å²) in [5.41, 5.74) is 1.99. The van der Waals surface area contributed by atoms with Crippen molar-refractivity contribution in [2.75, 3.05) is 0 Å². The summed E-state index contributed by atoms with van der Waals surface area (Å²) in [6.45, 7) is 0. The van der Waals surface area contributed by atoms with E-state index in [1.807, 2.05) is 0 Å². The highest BCUT2D eigenvalue weighted by Gasteiger charge is 2.61. The van der Waals surface area contributed by atoms with Crippen LogP contribution in [0.1, 0.15) is 37.7 Å². The zero-order chi connectivity index (χ0) is 11.3. The molecule has 17 heavy (non-hydrogen) atoms. The van der Waals surface area contributed by atoms with Gasteiger partial charge in [-0.3, -0.25) is 0 Å². The Kier molecular flexibility index (Phi) is 2.03. The summed E-state index contributed by atoms with van der Waals surface area (Å²) < 4.78 is 0. The third-order valence-electron chi connectivity index (χ3n) is 5.77. The molecule has 3 saturated carbocycles. The molecule has 0 nitrogen and oxygen atoms in total. The predicted octanol–water partition coefficient (Wildman–Crippen LogP) is 4.53. The zero-order valence-electron chi connectivity index (χ0n) is 10.3. The molecular formula is C17H20. The highest BCUT2D eigenvalue weighted by atomic mass is 14.6. The largest absolute Gasteiger partial charge is 0.0771 e. The van der Waals surface area contributed by atoms with Gasteiger partial charge in [-0.2, -0.15) is 0 Å². The van der Waals surface area contributed by atoms with Gasteiger partial charge in [-0.1, -0.05) is 42.5 Å². The van der Waals surface area contributed by atoms with Crippen LogP contribution < -0.4 is 0 Å². The lowest BCUT2D eigenvalue weighted by molar-refractivity contribution is 0.0240. The van der Waals surface area contributed by atoms with E-state index in [0.29, 0.717) is 5.41 Å².